The Labute approximate surface area is 111 Å². The van der Waals surface area contributed by atoms with Gasteiger partial charge in [0.1, 0.15) is 5.75 Å². The summed E-state index contributed by atoms with van der Waals surface area (Å²) in [5.41, 5.74) is -0.342. The lowest BCUT2D eigenvalue weighted by Crippen LogP contribution is -2.10. The number of benzene rings is 1. The highest BCUT2D eigenvalue weighted by Crippen LogP contribution is 2.24. The first-order chi connectivity index (χ1) is 8.50. The van der Waals surface area contributed by atoms with Gasteiger partial charge in [-0.1, -0.05) is 12.1 Å². The normalized spacial score (nSPS) is 12.8. The van der Waals surface area contributed by atoms with Crippen LogP contribution < -0.4 is 4.74 Å². The number of nitrogens with zero attached hydrogens (tertiary/aromatic N) is 1. The molecule has 0 aromatic heterocycles. The van der Waals surface area contributed by atoms with Crippen LogP contribution in [-0.4, -0.2) is 17.1 Å². The zero-order valence-electron chi connectivity index (χ0n) is 11.1. The van der Waals surface area contributed by atoms with Crippen LogP contribution in [0.3, 0.4) is 0 Å². The fourth-order valence-corrected chi connectivity index (χ4v) is 2.85. The molecule has 1 aromatic rings. The summed E-state index contributed by atoms with van der Waals surface area (Å²) in [7, 11) is 0.512. The van der Waals surface area contributed by atoms with Gasteiger partial charge in [-0.05, 0) is 38.8 Å². The van der Waals surface area contributed by atoms with Crippen molar-refractivity contribution < 1.29 is 8.95 Å². The van der Waals surface area contributed by atoms with Crippen LogP contribution in [0.2, 0.25) is 0 Å². The van der Waals surface area contributed by atoms with Gasteiger partial charge in [0, 0.05) is 5.75 Å². The van der Waals surface area contributed by atoms with Crippen molar-refractivity contribution in [2.75, 3.05) is 12.9 Å². The number of rotatable bonds is 6. The quantitative estimate of drug-likeness (QED) is 0.794. The molecule has 1 atom stereocenters. The molecule has 0 heterocycles. The Morgan fingerprint density at radius 2 is 2.06 bits per heavy atom. The third-order valence-electron chi connectivity index (χ3n) is 2.75. The molecule has 0 saturated carbocycles. The summed E-state index contributed by atoms with van der Waals surface area (Å²) in [6.45, 7) is 3.80. The van der Waals surface area contributed by atoms with E-state index < -0.39 is 10.8 Å². The first kappa shape index (κ1) is 14.7. The minimum absolute atomic E-state index is 0.342. The van der Waals surface area contributed by atoms with Crippen molar-refractivity contribution in [1.82, 2.24) is 0 Å². The lowest BCUT2D eigenvalue weighted by Gasteiger charge is -2.14. The molecular weight excluding hydrogens is 246 g/mol. The van der Waals surface area contributed by atoms with Crippen LogP contribution in [-0.2, 0) is 10.8 Å². The molecule has 1 unspecified atom stereocenters. The summed E-state index contributed by atoms with van der Waals surface area (Å²) in [5, 5.41) is 8.91. The van der Waals surface area contributed by atoms with Gasteiger partial charge in [0.25, 0.3) is 0 Å². The third kappa shape index (κ3) is 4.15. The maximum Gasteiger partial charge on any atom is 0.134 e. The number of ether oxygens (including phenoxy) is 1. The van der Waals surface area contributed by atoms with Gasteiger partial charge in [-0.15, -0.1) is 0 Å². The Morgan fingerprint density at radius 3 is 2.67 bits per heavy atom. The second kappa shape index (κ2) is 6.55. The molecule has 0 aliphatic carbocycles. The van der Waals surface area contributed by atoms with E-state index in [4.69, 9.17) is 10.00 Å². The highest BCUT2D eigenvalue weighted by atomic mass is 32.2. The average molecular weight is 265 g/mol. The van der Waals surface area contributed by atoms with Crippen molar-refractivity contribution >= 4 is 10.8 Å². The van der Waals surface area contributed by atoms with E-state index in [0.29, 0.717) is 11.5 Å². The Bertz CT molecular complexity index is 463. The van der Waals surface area contributed by atoms with Crippen LogP contribution in [0.25, 0.3) is 0 Å². The Kier molecular flexibility index (Phi) is 5.36. The molecule has 3 nitrogen and oxygen atoms in total. The summed E-state index contributed by atoms with van der Waals surface area (Å²) in [6.07, 6.45) is 1.52. The van der Waals surface area contributed by atoms with Gasteiger partial charge in [0.05, 0.1) is 34.3 Å². The monoisotopic (exact) mass is 265 g/mol. The van der Waals surface area contributed by atoms with Gasteiger partial charge in [-0.25, -0.2) is 0 Å². The highest BCUT2D eigenvalue weighted by Gasteiger charge is 2.17. The summed E-state index contributed by atoms with van der Waals surface area (Å²) >= 11 is 0. The molecule has 1 aromatic carbocycles. The summed E-state index contributed by atoms with van der Waals surface area (Å²) in [5.74, 6) is 1.22. The molecule has 4 heteroatoms. The fraction of sp³-hybridized carbons (Fsp3) is 0.500. The topological polar surface area (TPSA) is 50.1 Å². The molecule has 0 fully saturated rings. The number of methoxy groups -OCH3 is 1. The summed E-state index contributed by atoms with van der Waals surface area (Å²) in [4.78, 5) is 0.731. The van der Waals surface area contributed by atoms with Gasteiger partial charge in [-0.2, -0.15) is 5.26 Å². The lowest BCUT2D eigenvalue weighted by molar-refractivity contribution is 0.404. The van der Waals surface area contributed by atoms with Gasteiger partial charge >= 0.3 is 0 Å². The standard InChI is InChI=1S/C14H19NO2S/c1-14(2,11-15)9-6-10-18(16)13-8-5-4-7-12(13)17-3/h4-5,7-8H,6,9-10H2,1-3H3. The Hall–Kier alpha value is -1.34. The van der Waals surface area contributed by atoms with Crippen molar-refractivity contribution in [3.63, 3.8) is 0 Å². The molecule has 0 amide bonds. The van der Waals surface area contributed by atoms with Crippen LogP contribution >= 0.6 is 0 Å². The lowest BCUT2D eigenvalue weighted by atomic mass is 9.90. The van der Waals surface area contributed by atoms with E-state index in [1.807, 2.05) is 38.1 Å². The fourth-order valence-electron chi connectivity index (χ4n) is 1.62. The van der Waals surface area contributed by atoms with E-state index in [-0.39, 0.29) is 5.41 Å². The summed E-state index contributed by atoms with van der Waals surface area (Å²) in [6, 6.07) is 9.61. The maximum atomic E-state index is 12.1. The minimum Gasteiger partial charge on any atom is -0.495 e. The molecule has 0 saturated heterocycles. The Morgan fingerprint density at radius 1 is 1.39 bits per heavy atom. The number of para-hydroxylation sites is 1. The second-order valence-corrected chi connectivity index (χ2v) is 6.34. The zero-order valence-corrected chi connectivity index (χ0v) is 11.9. The molecule has 98 valence electrons. The zero-order chi connectivity index (χ0) is 13.6. The first-order valence-electron chi connectivity index (χ1n) is 5.93. The molecule has 18 heavy (non-hydrogen) atoms. The number of hydrogen-bond acceptors (Lipinski definition) is 3. The predicted octanol–water partition coefficient (Wildman–Crippen LogP) is 3.13. The van der Waals surface area contributed by atoms with Crippen molar-refractivity contribution in [3.8, 4) is 11.8 Å². The smallest absolute Gasteiger partial charge is 0.134 e. The molecule has 0 radical (unpaired) electrons. The molecule has 0 aliphatic rings. The maximum absolute atomic E-state index is 12.1. The second-order valence-electron chi connectivity index (χ2n) is 4.80. The molecule has 1 rings (SSSR count). The van der Waals surface area contributed by atoms with Crippen LogP contribution in [0.15, 0.2) is 29.2 Å². The Balaban J connectivity index is 2.59. The van der Waals surface area contributed by atoms with Crippen LogP contribution in [0, 0.1) is 16.7 Å². The van der Waals surface area contributed by atoms with Gasteiger partial charge in [-0.3, -0.25) is 4.21 Å². The van der Waals surface area contributed by atoms with Crippen molar-refractivity contribution in [1.29, 1.82) is 5.26 Å². The number of hydrogen-bond donors (Lipinski definition) is 0. The summed E-state index contributed by atoms with van der Waals surface area (Å²) < 4.78 is 17.3. The molecule has 0 bridgehead atoms. The largest absolute Gasteiger partial charge is 0.495 e. The van der Waals surface area contributed by atoms with Crippen molar-refractivity contribution in [2.45, 2.75) is 31.6 Å². The van der Waals surface area contributed by atoms with Crippen LogP contribution in [0.4, 0.5) is 0 Å². The van der Waals surface area contributed by atoms with E-state index >= 15 is 0 Å². The SMILES string of the molecule is COc1ccccc1S(=O)CCCC(C)(C)C#N. The van der Waals surface area contributed by atoms with Gasteiger partial charge in [0.2, 0.25) is 0 Å². The van der Waals surface area contributed by atoms with E-state index in [1.54, 1.807) is 7.11 Å². The molecule has 0 N–H and O–H groups in total. The molecule has 0 spiro atoms. The van der Waals surface area contributed by atoms with E-state index in [0.717, 1.165) is 17.7 Å². The third-order valence-corrected chi connectivity index (χ3v) is 4.24. The van der Waals surface area contributed by atoms with E-state index in [2.05, 4.69) is 6.07 Å². The van der Waals surface area contributed by atoms with Crippen molar-refractivity contribution in [2.24, 2.45) is 5.41 Å². The highest BCUT2D eigenvalue weighted by molar-refractivity contribution is 7.85. The molecular formula is C14H19NO2S. The number of nitriles is 1. The van der Waals surface area contributed by atoms with Crippen molar-refractivity contribution in [3.05, 3.63) is 24.3 Å². The minimum atomic E-state index is -1.07. The van der Waals surface area contributed by atoms with E-state index in [1.165, 1.54) is 0 Å². The predicted molar refractivity (Wildman–Crippen MR) is 72.9 cm³/mol. The van der Waals surface area contributed by atoms with Gasteiger partial charge < -0.3 is 4.74 Å². The van der Waals surface area contributed by atoms with Gasteiger partial charge in [0.15, 0.2) is 0 Å². The first-order valence-corrected chi connectivity index (χ1v) is 7.25. The van der Waals surface area contributed by atoms with E-state index in [9.17, 15) is 4.21 Å². The van der Waals surface area contributed by atoms with Crippen LogP contribution in [0.5, 0.6) is 5.75 Å². The molecule has 0 aliphatic heterocycles. The van der Waals surface area contributed by atoms with Crippen LogP contribution in [0.1, 0.15) is 26.7 Å². The average Bonchev–Trinajstić information content (AvgIpc) is 2.38.